The molecule has 1 saturated carbocycles. The molecule has 2 fully saturated rings. The van der Waals surface area contributed by atoms with Crippen molar-refractivity contribution in [3.8, 4) is 0 Å². The fraction of sp³-hybridized carbons (Fsp3) is 0.750. The van der Waals surface area contributed by atoms with Gasteiger partial charge in [-0.3, -0.25) is 9.89 Å². The summed E-state index contributed by atoms with van der Waals surface area (Å²) in [5.41, 5.74) is 1.42. The Balaban J connectivity index is 0.00000280. The molecule has 1 aromatic heterocycles. The summed E-state index contributed by atoms with van der Waals surface area (Å²) in [4.78, 5) is 7.07. The van der Waals surface area contributed by atoms with Gasteiger partial charge in [-0.25, -0.2) is 0 Å². The molecule has 0 bridgehead atoms. The van der Waals surface area contributed by atoms with E-state index in [1.54, 1.807) is 11.3 Å². The predicted molar refractivity (Wildman–Crippen MR) is 127 cm³/mol. The lowest BCUT2D eigenvalue weighted by molar-refractivity contribution is 0.0368. The van der Waals surface area contributed by atoms with Crippen LogP contribution in [0, 0.1) is 5.92 Å². The van der Waals surface area contributed by atoms with Gasteiger partial charge in [0.1, 0.15) is 0 Å². The van der Waals surface area contributed by atoms with Crippen LogP contribution in [0.3, 0.4) is 0 Å². The Hall–Kier alpha value is -0.420. The number of aliphatic hydroxyl groups excluding tert-OH is 1. The maximum absolute atomic E-state index is 10.1. The molecule has 1 aromatic rings. The fourth-order valence-corrected chi connectivity index (χ4v) is 3.95. The van der Waals surface area contributed by atoms with Crippen LogP contribution < -0.4 is 10.6 Å². The average Bonchev–Trinajstić information content (AvgIpc) is 3.35. The summed E-state index contributed by atoms with van der Waals surface area (Å²) in [5, 5.41) is 21.3. The summed E-state index contributed by atoms with van der Waals surface area (Å²) in [6.07, 6.45) is 4.24. The van der Waals surface area contributed by atoms with Gasteiger partial charge in [0.15, 0.2) is 5.96 Å². The molecule has 0 spiro atoms. The number of likely N-dealkylation sites (tertiary alicyclic amines) is 1. The lowest BCUT2D eigenvalue weighted by atomic mass is 10.0. The zero-order chi connectivity index (χ0) is 18.9. The number of hydrogen-bond acceptors (Lipinski definition) is 5. The smallest absolute Gasteiger partial charge is 0.191 e. The van der Waals surface area contributed by atoms with Gasteiger partial charge in [-0.15, -0.1) is 24.0 Å². The van der Waals surface area contributed by atoms with E-state index in [1.807, 2.05) is 0 Å². The summed E-state index contributed by atoms with van der Waals surface area (Å²) in [5.74, 6) is 1.53. The lowest BCUT2D eigenvalue weighted by Crippen LogP contribution is -2.48. The standard InChI is InChI=1S/C20H34N4O2S.HI/c1-2-21-20(22-11-19(25)14-26-13-16-3-4-16)23-18-5-8-24(9-6-18)12-17-7-10-27-15-17;/h7,10,15-16,18-19,25H,2-6,8-9,11-14H2,1H3,(H2,21,22,23);1H. The van der Waals surface area contributed by atoms with E-state index in [-0.39, 0.29) is 24.0 Å². The molecule has 1 saturated heterocycles. The monoisotopic (exact) mass is 522 g/mol. The minimum atomic E-state index is -0.535. The van der Waals surface area contributed by atoms with Crippen molar-refractivity contribution in [1.82, 2.24) is 15.5 Å². The van der Waals surface area contributed by atoms with Crippen LogP contribution in [0.1, 0.15) is 38.2 Å². The van der Waals surface area contributed by atoms with E-state index < -0.39 is 6.10 Å². The number of thiophene rings is 1. The number of rotatable bonds is 10. The molecule has 0 aromatic carbocycles. The van der Waals surface area contributed by atoms with Gasteiger partial charge in [0.05, 0.1) is 19.3 Å². The van der Waals surface area contributed by atoms with Crippen LogP contribution >= 0.6 is 35.3 Å². The molecular formula is C20H35IN4O2S. The van der Waals surface area contributed by atoms with Gasteiger partial charge in [-0.05, 0) is 60.9 Å². The van der Waals surface area contributed by atoms with Gasteiger partial charge < -0.3 is 20.5 Å². The Morgan fingerprint density at radius 2 is 2.14 bits per heavy atom. The Morgan fingerprint density at radius 1 is 1.36 bits per heavy atom. The molecule has 1 atom stereocenters. The molecule has 1 aliphatic heterocycles. The predicted octanol–water partition coefficient (Wildman–Crippen LogP) is 2.67. The Morgan fingerprint density at radius 3 is 2.79 bits per heavy atom. The number of aliphatic hydroxyl groups is 1. The first kappa shape index (κ1) is 23.9. The summed E-state index contributed by atoms with van der Waals surface area (Å²) in [6, 6.07) is 2.65. The molecule has 8 heteroatoms. The van der Waals surface area contributed by atoms with E-state index in [9.17, 15) is 5.11 Å². The summed E-state index contributed by atoms with van der Waals surface area (Å²) < 4.78 is 5.55. The van der Waals surface area contributed by atoms with E-state index in [0.717, 1.165) is 57.5 Å². The second-order valence-electron chi connectivity index (χ2n) is 7.68. The number of hydrogen-bond donors (Lipinski definition) is 3. The normalized spacial score (nSPS) is 19.9. The van der Waals surface area contributed by atoms with Gasteiger partial charge in [0.2, 0.25) is 0 Å². The van der Waals surface area contributed by atoms with E-state index >= 15 is 0 Å². The minimum Gasteiger partial charge on any atom is -0.389 e. The maximum Gasteiger partial charge on any atom is 0.191 e. The van der Waals surface area contributed by atoms with Crippen molar-refractivity contribution in [1.29, 1.82) is 0 Å². The first-order valence-electron chi connectivity index (χ1n) is 10.3. The molecule has 0 amide bonds. The molecule has 2 heterocycles. The quantitative estimate of drug-likeness (QED) is 0.251. The van der Waals surface area contributed by atoms with E-state index in [4.69, 9.17) is 4.74 Å². The number of nitrogens with one attached hydrogen (secondary N) is 2. The lowest BCUT2D eigenvalue weighted by Gasteiger charge is -2.33. The maximum atomic E-state index is 10.1. The molecule has 1 aliphatic carbocycles. The third-order valence-corrected chi connectivity index (χ3v) is 5.81. The zero-order valence-corrected chi connectivity index (χ0v) is 20.0. The van der Waals surface area contributed by atoms with E-state index in [1.165, 1.54) is 18.4 Å². The second kappa shape index (κ2) is 13.0. The fourth-order valence-electron chi connectivity index (χ4n) is 3.29. The molecular weight excluding hydrogens is 487 g/mol. The number of piperidine rings is 1. The van der Waals surface area contributed by atoms with Crippen molar-refractivity contribution in [3.63, 3.8) is 0 Å². The number of nitrogens with zero attached hydrogens (tertiary/aromatic N) is 2. The van der Waals surface area contributed by atoms with Crippen LogP contribution in [0.15, 0.2) is 21.8 Å². The highest BCUT2D eigenvalue weighted by Gasteiger charge is 2.22. The molecule has 2 aliphatic rings. The molecule has 1 unspecified atom stereocenters. The highest BCUT2D eigenvalue weighted by molar-refractivity contribution is 14.0. The first-order chi connectivity index (χ1) is 13.2. The molecule has 3 rings (SSSR count). The van der Waals surface area contributed by atoms with Gasteiger partial charge in [-0.1, -0.05) is 0 Å². The number of ether oxygens (including phenoxy) is 1. The third-order valence-electron chi connectivity index (χ3n) is 5.08. The van der Waals surface area contributed by atoms with Gasteiger partial charge in [-0.2, -0.15) is 11.3 Å². The van der Waals surface area contributed by atoms with Crippen molar-refractivity contribution in [2.75, 3.05) is 39.4 Å². The van der Waals surface area contributed by atoms with Crippen LogP contribution in [0.25, 0.3) is 0 Å². The SMILES string of the molecule is CCNC(=NCC(O)COCC1CC1)NC1CCN(Cc2ccsc2)CC1.I. The average molecular weight is 522 g/mol. The van der Waals surface area contributed by atoms with Crippen molar-refractivity contribution < 1.29 is 9.84 Å². The Labute approximate surface area is 190 Å². The Bertz CT molecular complexity index is 561. The molecule has 6 nitrogen and oxygen atoms in total. The Kier molecular flexibility index (Phi) is 11.1. The highest BCUT2D eigenvalue weighted by atomic mass is 127. The topological polar surface area (TPSA) is 69.1 Å². The van der Waals surface area contributed by atoms with Crippen LogP contribution in [0.5, 0.6) is 0 Å². The molecule has 3 N–H and O–H groups in total. The molecule has 0 radical (unpaired) electrons. The zero-order valence-electron chi connectivity index (χ0n) is 16.8. The highest BCUT2D eigenvalue weighted by Crippen LogP contribution is 2.28. The van der Waals surface area contributed by atoms with Crippen molar-refractivity contribution in [2.45, 2.75) is 51.3 Å². The molecule has 160 valence electrons. The van der Waals surface area contributed by atoms with E-state index in [2.05, 4.69) is 44.3 Å². The third kappa shape index (κ3) is 8.94. The second-order valence-corrected chi connectivity index (χ2v) is 8.46. The number of halogens is 1. The summed E-state index contributed by atoms with van der Waals surface area (Å²) >= 11 is 1.77. The summed E-state index contributed by atoms with van der Waals surface area (Å²) in [6.45, 7) is 7.67. The minimum absolute atomic E-state index is 0. The van der Waals surface area contributed by atoms with Crippen LogP contribution in [-0.4, -0.2) is 67.5 Å². The van der Waals surface area contributed by atoms with Gasteiger partial charge in [0.25, 0.3) is 0 Å². The van der Waals surface area contributed by atoms with Gasteiger partial charge in [0, 0.05) is 38.8 Å². The van der Waals surface area contributed by atoms with Crippen molar-refractivity contribution >= 4 is 41.3 Å². The van der Waals surface area contributed by atoms with E-state index in [0.29, 0.717) is 19.2 Å². The largest absolute Gasteiger partial charge is 0.389 e. The first-order valence-corrected chi connectivity index (χ1v) is 11.2. The van der Waals surface area contributed by atoms with Crippen molar-refractivity contribution in [2.24, 2.45) is 10.9 Å². The van der Waals surface area contributed by atoms with Crippen LogP contribution in [0.4, 0.5) is 0 Å². The number of guanidine groups is 1. The molecule has 28 heavy (non-hydrogen) atoms. The van der Waals surface area contributed by atoms with Gasteiger partial charge >= 0.3 is 0 Å². The number of aliphatic imine (C=N–C) groups is 1. The van der Waals surface area contributed by atoms with Crippen LogP contribution in [0.2, 0.25) is 0 Å². The van der Waals surface area contributed by atoms with Crippen LogP contribution in [-0.2, 0) is 11.3 Å². The summed E-state index contributed by atoms with van der Waals surface area (Å²) in [7, 11) is 0. The van der Waals surface area contributed by atoms with Crippen molar-refractivity contribution in [3.05, 3.63) is 22.4 Å².